The van der Waals surface area contributed by atoms with Gasteiger partial charge in [-0.2, -0.15) is 0 Å². The zero-order valence-electron chi connectivity index (χ0n) is 19.0. The molecule has 0 radical (unpaired) electrons. The van der Waals surface area contributed by atoms with E-state index in [2.05, 4.69) is 39.8 Å². The van der Waals surface area contributed by atoms with Gasteiger partial charge in [-0.05, 0) is 47.0 Å². The Morgan fingerprint density at radius 2 is 1.93 bits per heavy atom. The first kappa shape index (κ1) is 27.9. The molecule has 1 aromatic rings. The van der Waals surface area contributed by atoms with Crippen LogP contribution in [0.3, 0.4) is 0 Å². The normalized spacial score (nSPS) is 12.0. The molecule has 1 aromatic heterocycles. The summed E-state index contributed by atoms with van der Waals surface area (Å²) in [6.07, 6.45) is 0.530. The maximum atomic E-state index is 12.3. The fraction of sp³-hybridized carbons (Fsp3) is 0.750. The Morgan fingerprint density at radius 3 is 2.41 bits per heavy atom. The Balaban J connectivity index is 0.00000784. The van der Waals surface area contributed by atoms with Crippen LogP contribution in [-0.4, -0.2) is 53.7 Å². The monoisotopic (exact) mass is 539 g/mol. The molecule has 0 bridgehead atoms. The molecule has 0 unspecified atom stereocenters. The van der Waals surface area contributed by atoms with Crippen LogP contribution in [0.2, 0.25) is 0 Å². The van der Waals surface area contributed by atoms with E-state index in [1.807, 2.05) is 34.6 Å². The number of aromatic nitrogens is 1. The molecule has 7 nitrogen and oxygen atoms in total. The van der Waals surface area contributed by atoms with Crippen molar-refractivity contribution in [3.8, 4) is 0 Å². The third-order valence-corrected chi connectivity index (χ3v) is 4.78. The molecule has 0 aliphatic rings. The topological polar surface area (TPSA) is 78.9 Å². The van der Waals surface area contributed by atoms with Gasteiger partial charge in [0.05, 0.1) is 12.2 Å². The number of hydrogen-bond donors (Lipinski definition) is 2. The summed E-state index contributed by atoms with van der Waals surface area (Å²) in [6.45, 7) is 15.9. The van der Waals surface area contributed by atoms with Gasteiger partial charge < -0.3 is 20.3 Å². The standard InChI is InChI=1S/C20H37N5O2S.HI/c1-14(2)16-13-28-17(24-16)12-23-18(21-8)22-10-9-11-25(15(3)4)19(26)27-20(5,6)7;/h13-15H,9-12H2,1-8H3,(H2,21,22,23);1H. The van der Waals surface area contributed by atoms with Gasteiger partial charge in [0.25, 0.3) is 0 Å². The van der Waals surface area contributed by atoms with Gasteiger partial charge in [0.2, 0.25) is 0 Å². The molecule has 9 heteroatoms. The van der Waals surface area contributed by atoms with Crippen LogP contribution < -0.4 is 10.6 Å². The summed E-state index contributed by atoms with van der Waals surface area (Å²) in [4.78, 5) is 23.0. The van der Waals surface area contributed by atoms with Gasteiger partial charge in [-0.1, -0.05) is 13.8 Å². The van der Waals surface area contributed by atoms with E-state index in [1.54, 1.807) is 23.3 Å². The number of carbonyl (C=O) groups is 1. The molecule has 0 fully saturated rings. The van der Waals surface area contributed by atoms with E-state index in [9.17, 15) is 4.79 Å². The van der Waals surface area contributed by atoms with Crippen LogP contribution >= 0.6 is 35.3 Å². The Hall–Kier alpha value is -1.10. The van der Waals surface area contributed by atoms with Crippen molar-refractivity contribution in [3.63, 3.8) is 0 Å². The summed E-state index contributed by atoms with van der Waals surface area (Å²) < 4.78 is 5.49. The average Bonchev–Trinajstić information content (AvgIpc) is 3.04. The fourth-order valence-corrected chi connectivity index (χ4v) is 3.28. The number of halogens is 1. The van der Waals surface area contributed by atoms with Crippen molar-refractivity contribution in [1.29, 1.82) is 0 Å². The second kappa shape index (κ2) is 13.3. The number of nitrogens with one attached hydrogen (secondary N) is 2. The lowest BCUT2D eigenvalue weighted by Gasteiger charge is -2.30. The maximum absolute atomic E-state index is 12.3. The molecule has 0 saturated carbocycles. The first-order valence-electron chi connectivity index (χ1n) is 9.92. The molecule has 0 aliphatic carbocycles. The smallest absolute Gasteiger partial charge is 0.410 e. The molecular formula is C20H38IN5O2S. The van der Waals surface area contributed by atoms with Crippen molar-refractivity contribution >= 4 is 47.4 Å². The zero-order valence-corrected chi connectivity index (χ0v) is 22.2. The molecule has 1 rings (SSSR count). The number of ether oxygens (including phenoxy) is 1. The predicted octanol–water partition coefficient (Wildman–Crippen LogP) is 4.59. The number of amides is 1. The lowest BCUT2D eigenvalue weighted by Crippen LogP contribution is -2.43. The Labute approximate surface area is 197 Å². The van der Waals surface area contributed by atoms with Crippen molar-refractivity contribution in [2.75, 3.05) is 20.1 Å². The second-order valence-corrected chi connectivity index (χ2v) is 9.24. The Morgan fingerprint density at radius 1 is 1.28 bits per heavy atom. The van der Waals surface area contributed by atoms with Crippen molar-refractivity contribution in [2.45, 2.75) is 79.0 Å². The van der Waals surface area contributed by atoms with Gasteiger partial charge in [-0.25, -0.2) is 9.78 Å². The first-order chi connectivity index (χ1) is 13.0. The van der Waals surface area contributed by atoms with E-state index in [4.69, 9.17) is 4.74 Å². The molecule has 29 heavy (non-hydrogen) atoms. The lowest BCUT2D eigenvalue weighted by molar-refractivity contribution is 0.0190. The van der Waals surface area contributed by atoms with E-state index in [-0.39, 0.29) is 36.1 Å². The average molecular weight is 540 g/mol. The van der Waals surface area contributed by atoms with Crippen LogP contribution in [0, 0.1) is 0 Å². The van der Waals surface area contributed by atoms with Crippen molar-refractivity contribution < 1.29 is 9.53 Å². The third kappa shape index (κ3) is 11.0. The molecule has 1 heterocycles. The predicted molar refractivity (Wildman–Crippen MR) is 133 cm³/mol. The van der Waals surface area contributed by atoms with E-state index < -0.39 is 5.60 Å². The number of aliphatic imine (C=N–C) groups is 1. The van der Waals surface area contributed by atoms with Gasteiger partial charge in [0.15, 0.2) is 5.96 Å². The second-order valence-electron chi connectivity index (χ2n) is 8.29. The first-order valence-corrected chi connectivity index (χ1v) is 10.8. The summed E-state index contributed by atoms with van der Waals surface area (Å²) >= 11 is 1.66. The van der Waals surface area contributed by atoms with Crippen molar-refractivity contribution in [1.82, 2.24) is 20.5 Å². The molecule has 1 amide bonds. The highest BCUT2D eigenvalue weighted by Gasteiger charge is 2.23. The maximum Gasteiger partial charge on any atom is 0.410 e. The minimum absolute atomic E-state index is 0. The van der Waals surface area contributed by atoms with E-state index >= 15 is 0 Å². The van der Waals surface area contributed by atoms with Crippen LogP contribution in [0.4, 0.5) is 4.79 Å². The molecule has 2 N–H and O–H groups in total. The molecule has 0 spiro atoms. The van der Waals surface area contributed by atoms with E-state index in [0.29, 0.717) is 25.6 Å². The Bertz CT molecular complexity index is 641. The number of hydrogen-bond acceptors (Lipinski definition) is 5. The van der Waals surface area contributed by atoms with Gasteiger partial charge in [0, 0.05) is 31.6 Å². The minimum atomic E-state index is -0.486. The fourth-order valence-electron chi connectivity index (χ4n) is 2.39. The summed E-state index contributed by atoms with van der Waals surface area (Å²) in [7, 11) is 1.75. The zero-order chi connectivity index (χ0) is 21.3. The summed E-state index contributed by atoms with van der Waals surface area (Å²) in [5.74, 6) is 1.17. The summed E-state index contributed by atoms with van der Waals surface area (Å²) in [6, 6.07) is 0.0901. The SMILES string of the molecule is CN=C(NCCCN(C(=O)OC(C)(C)C)C(C)C)NCc1nc(C(C)C)cs1.I. The molecule has 0 aromatic carbocycles. The van der Waals surface area contributed by atoms with E-state index in [0.717, 1.165) is 23.1 Å². The highest BCUT2D eigenvalue weighted by molar-refractivity contribution is 14.0. The Kier molecular flexibility index (Phi) is 12.7. The number of guanidine groups is 1. The molecular weight excluding hydrogens is 501 g/mol. The molecule has 0 saturated heterocycles. The van der Waals surface area contributed by atoms with Gasteiger partial charge >= 0.3 is 6.09 Å². The quantitative estimate of drug-likeness (QED) is 0.219. The van der Waals surface area contributed by atoms with Crippen LogP contribution in [0.1, 0.15) is 71.5 Å². The lowest BCUT2D eigenvalue weighted by atomic mass is 10.2. The molecule has 168 valence electrons. The van der Waals surface area contributed by atoms with Gasteiger partial charge in [-0.15, -0.1) is 35.3 Å². The minimum Gasteiger partial charge on any atom is -0.444 e. The van der Waals surface area contributed by atoms with Crippen LogP contribution in [0.15, 0.2) is 10.4 Å². The van der Waals surface area contributed by atoms with E-state index in [1.165, 1.54) is 0 Å². The third-order valence-electron chi connectivity index (χ3n) is 3.91. The van der Waals surface area contributed by atoms with Gasteiger partial charge in [-0.3, -0.25) is 4.99 Å². The van der Waals surface area contributed by atoms with Crippen molar-refractivity contribution in [2.24, 2.45) is 4.99 Å². The number of rotatable bonds is 8. The highest BCUT2D eigenvalue weighted by atomic mass is 127. The highest BCUT2D eigenvalue weighted by Crippen LogP contribution is 2.17. The summed E-state index contributed by atoms with van der Waals surface area (Å²) in [5, 5.41) is 9.72. The number of thiazole rings is 1. The largest absolute Gasteiger partial charge is 0.444 e. The van der Waals surface area contributed by atoms with Crippen molar-refractivity contribution in [3.05, 3.63) is 16.1 Å². The number of nitrogens with zero attached hydrogens (tertiary/aromatic N) is 3. The van der Waals surface area contributed by atoms with Crippen LogP contribution in [0.25, 0.3) is 0 Å². The van der Waals surface area contributed by atoms with Crippen LogP contribution in [-0.2, 0) is 11.3 Å². The van der Waals surface area contributed by atoms with Gasteiger partial charge in [0.1, 0.15) is 10.6 Å². The number of carbonyl (C=O) groups excluding carboxylic acids is 1. The summed E-state index contributed by atoms with van der Waals surface area (Å²) in [5.41, 5.74) is 0.639. The molecule has 0 aliphatic heterocycles. The van der Waals surface area contributed by atoms with Crippen LogP contribution in [0.5, 0.6) is 0 Å². The molecule has 0 atom stereocenters.